The van der Waals surface area contributed by atoms with E-state index in [0.717, 1.165) is 6.54 Å². The molecule has 0 amide bonds. The van der Waals surface area contributed by atoms with E-state index in [2.05, 4.69) is 56.3 Å². The molecule has 2 rings (SSSR count). The maximum absolute atomic E-state index is 4.29. The van der Waals surface area contributed by atoms with Gasteiger partial charge in [-0.1, -0.05) is 38.1 Å². The van der Waals surface area contributed by atoms with Gasteiger partial charge in [0.2, 0.25) is 0 Å². The second-order valence-corrected chi connectivity index (χ2v) is 4.36. The van der Waals surface area contributed by atoms with E-state index < -0.39 is 0 Å². The van der Waals surface area contributed by atoms with Crippen LogP contribution in [-0.2, 0) is 6.54 Å². The zero-order valence-corrected chi connectivity index (χ0v) is 10.1. The minimum absolute atomic E-state index is 0.590. The summed E-state index contributed by atoms with van der Waals surface area (Å²) < 4.78 is 1.95. The van der Waals surface area contributed by atoms with Gasteiger partial charge in [0.05, 0.1) is 6.20 Å². The zero-order valence-electron chi connectivity index (χ0n) is 10.1. The third kappa shape index (κ3) is 2.16. The molecule has 84 valence electrons. The quantitative estimate of drug-likeness (QED) is 0.762. The highest BCUT2D eigenvalue weighted by Crippen LogP contribution is 2.22. The Bertz CT molecular complexity index is 452. The SMILES string of the molecule is CCn1cc(-c2ccc(C(C)C)cc2)cn1. The van der Waals surface area contributed by atoms with Crippen LogP contribution in [-0.4, -0.2) is 9.78 Å². The minimum atomic E-state index is 0.590. The first-order valence-corrected chi connectivity index (χ1v) is 5.83. The van der Waals surface area contributed by atoms with Crippen LogP contribution < -0.4 is 0 Å². The average Bonchev–Trinajstić information content (AvgIpc) is 2.77. The average molecular weight is 214 g/mol. The maximum atomic E-state index is 4.29. The summed E-state index contributed by atoms with van der Waals surface area (Å²) in [4.78, 5) is 0. The van der Waals surface area contributed by atoms with Gasteiger partial charge < -0.3 is 0 Å². The third-order valence-corrected chi connectivity index (χ3v) is 2.87. The van der Waals surface area contributed by atoms with Crippen LogP contribution in [0.1, 0.15) is 32.3 Å². The van der Waals surface area contributed by atoms with Crippen LogP contribution in [0.25, 0.3) is 11.1 Å². The first-order valence-electron chi connectivity index (χ1n) is 5.83. The van der Waals surface area contributed by atoms with Gasteiger partial charge in [-0.2, -0.15) is 5.10 Å². The van der Waals surface area contributed by atoms with E-state index in [0.29, 0.717) is 5.92 Å². The topological polar surface area (TPSA) is 17.8 Å². The Morgan fingerprint density at radius 2 is 1.81 bits per heavy atom. The molecule has 0 aliphatic heterocycles. The van der Waals surface area contributed by atoms with E-state index in [-0.39, 0.29) is 0 Å². The normalized spacial score (nSPS) is 11.0. The molecule has 0 N–H and O–H groups in total. The van der Waals surface area contributed by atoms with E-state index in [1.807, 2.05) is 10.9 Å². The Hall–Kier alpha value is -1.57. The number of aromatic nitrogens is 2. The van der Waals surface area contributed by atoms with Gasteiger partial charge in [0.1, 0.15) is 0 Å². The third-order valence-electron chi connectivity index (χ3n) is 2.87. The molecule has 1 aromatic heterocycles. The molecule has 0 spiro atoms. The minimum Gasteiger partial charge on any atom is -0.272 e. The van der Waals surface area contributed by atoms with E-state index in [4.69, 9.17) is 0 Å². The molecular weight excluding hydrogens is 196 g/mol. The molecule has 1 heterocycles. The molecule has 2 heteroatoms. The van der Waals surface area contributed by atoms with Crippen molar-refractivity contribution in [3.63, 3.8) is 0 Å². The lowest BCUT2D eigenvalue weighted by molar-refractivity contribution is 0.660. The molecule has 2 nitrogen and oxygen atoms in total. The van der Waals surface area contributed by atoms with Crippen LogP contribution in [0.2, 0.25) is 0 Å². The van der Waals surface area contributed by atoms with Crippen molar-refractivity contribution >= 4 is 0 Å². The Kier molecular flexibility index (Phi) is 3.09. The molecule has 0 radical (unpaired) electrons. The molecule has 0 bridgehead atoms. The van der Waals surface area contributed by atoms with Gasteiger partial charge in [-0.3, -0.25) is 4.68 Å². The molecule has 0 aliphatic carbocycles. The summed E-state index contributed by atoms with van der Waals surface area (Å²) in [6.07, 6.45) is 4.01. The fourth-order valence-electron chi connectivity index (χ4n) is 1.75. The first-order chi connectivity index (χ1) is 7.70. The monoisotopic (exact) mass is 214 g/mol. The zero-order chi connectivity index (χ0) is 11.5. The summed E-state index contributed by atoms with van der Waals surface area (Å²) in [5.74, 6) is 0.590. The Balaban J connectivity index is 2.27. The van der Waals surface area contributed by atoms with Gasteiger partial charge in [-0.15, -0.1) is 0 Å². The fourth-order valence-corrected chi connectivity index (χ4v) is 1.75. The molecule has 0 saturated heterocycles. The highest BCUT2D eigenvalue weighted by atomic mass is 15.3. The predicted molar refractivity (Wildman–Crippen MR) is 67.4 cm³/mol. The number of benzene rings is 1. The first kappa shape index (κ1) is 10.9. The van der Waals surface area contributed by atoms with Crippen molar-refractivity contribution in [1.29, 1.82) is 0 Å². The maximum Gasteiger partial charge on any atom is 0.0568 e. The predicted octanol–water partition coefficient (Wildman–Crippen LogP) is 3.69. The van der Waals surface area contributed by atoms with Gasteiger partial charge in [0, 0.05) is 18.3 Å². The Morgan fingerprint density at radius 1 is 1.12 bits per heavy atom. The Labute approximate surface area is 96.9 Å². The van der Waals surface area contributed by atoms with E-state index in [1.165, 1.54) is 16.7 Å². The molecule has 16 heavy (non-hydrogen) atoms. The summed E-state index contributed by atoms with van der Waals surface area (Å²) in [5, 5.41) is 4.29. The van der Waals surface area contributed by atoms with Crippen molar-refractivity contribution in [2.45, 2.75) is 33.2 Å². The van der Waals surface area contributed by atoms with E-state index in [9.17, 15) is 0 Å². The number of nitrogens with zero attached hydrogens (tertiary/aromatic N) is 2. The second kappa shape index (κ2) is 4.52. The van der Waals surface area contributed by atoms with Crippen LogP contribution in [0, 0.1) is 0 Å². The van der Waals surface area contributed by atoms with E-state index >= 15 is 0 Å². The van der Waals surface area contributed by atoms with E-state index in [1.54, 1.807) is 0 Å². The highest BCUT2D eigenvalue weighted by molar-refractivity contribution is 5.62. The van der Waals surface area contributed by atoms with Gasteiger partial charge >= 0.3 is 0 Å². The second-order valence-electron chi connectivity index (χ2n) is 4.36. The summed E-state index contributed by atoms with van der Waals surface area (Å²) in [5.41, 5.74) is 3.81. The van der Waals surface area contributed by atoms with Crippen LogP contribution in [0.15, 0.2) is 36.7 Å². The van der Waals surface area contributed by atoms with Crippen molar-refractivity contribution in [3.05, 3.63) is 42.2 Å². The molecule has 1 aromatic carbocycles. The van der Waals surface area contributed by atoms with Gasteiger partial charge in [0.15, 0.2) is 0 Å². The van der Waals surface area contributed by atoms with Crippen molar-refractivity contribution in [2.24, 2.45) is 0 Å². The van der Waals surface area contributed by atoms with Crippen LogP contribution in [0.4, 0.5) is 0 Å². The van der Waals surface area contributed by atoms with Crippen molar-refractivity contribution in [2.75, 3.05) is 0 Å². The lowest BCUT2D eigenvalue weighted by Gasteiger charge is -2.05. The van der Waals surface area contributed by atoms with Gasteiger partial charge in [-0.05, 0) is 24.0 Å². The number of rotatable bonds is 3. The van der Waals surface area contributed by atoms with Gasteiger partial charge in [0.25, 0.3) is 0 Å². The summed E-state index contributed by atoms with van der Waals surface area (Å²) >= 11 is 0. The molecule has 0 atom stereocenters. The molecule has 0 fully saturated rings. The van der Waals surface area contributed by atoms with Gasteiger partial charge in [-0.25, -0.2) is 0 Å². The van der Waals surface area contributed by atoms with Crippen LogP contribution >= 0.6 is 0 Å². The molecule has 2 aromatic rings. The standard InChI is InChI=1S/C14H18N2/c1-4-16-10-14(9-15-16)13-7-5-12(6-8-13)11(2)3/h5-11H,4H2,1-3H3. The number of aryl methyl sites for hydroxylation is 1. The fraction of sp³-hybridized carbons (Fsp3) is 0.357. The molecule has 0 aliphatic rings. The Morgan fingerprint density at radius 3 is 2.31 bits per heavy atom. The lowest BCUT2D eigenvalue weighted by Crippen LogP contribution is -1.92. The number of hydrogen-bond donors (Lipinski definition) is 0. The van der Waals surface area contributed by atoms with Crippen LogP contribution in [0.3, 0.4) is 0 Å². The smallest absolute Gasteiger partial charge is 0.0568 e. The molecule has 0 unspecified atom stereocenters. The largest absolute Gasteiger partial charge is 0.272 e. The van der Waals surface area contributed by atoms with Crippen molar-refractivity contribution < 1.29 is 0 Å². The molecular formula is C14H18N2. The highest BCUT2D eigenvalue weighted by Gasteiger charge is 2.02. The van der Waals surface area contributed by atoms with Crippen LogP contribution in [0.5, 0.6) is 0 Å². The van der Waals surface area contributed by atoms with Crippen molar-refractivity contribution in [1.82, 2.24) is 9.78 Å². The molecule has 0 saturated carbocycles. The summed E-state index contributed by atoms with van der Waals surface area (Å²) in [7, 11) is 0. The summed E-state index contributed by atoms with van der Waals surface area (Å²) in [6.45, 7) is 7.44. The lowest BCUT2D eigenvalue weighted by atomic mass is 10.0. The summed E-state index contributed by atoms with van der Waals surface area (Å²) in [6, 6.07) is 8.74. The van der Waals surface area contributed by atoms with Crippen molar-refractivity contribution in [3.8, 4) is 11.1 Å². The number of hydrogen-bond acceptors (Lipinski definition) is 1.